The summed E-state index contributed by atoms with van der Waals surface area (Å²) in [7, 11) is 0. The van der Waals surface area contributed by atoms with Crippen molar-refractivity contribution in [3.05, 3.63) is 48.6 Å². The minimum atomic E-state index is -1.90. The van der Waals surface area contributed by atoms with Gasteiger partial charge in [-0.05, 0) is 57.8 Å². The normalized spacial score (nSPS) is 18.0. The number of carbonyl (C=O) groups excluding carboxylic acids is 3. The van der Waals surface area contributed by atoms with Gasteiger partial charge >= 0.3 is 23.9 Å². The van der Waals surface area contributed by atoms with Crippen LogP contribution in [0.15, 0.2) is 48.6 Å². The number of allylic oxidation sites excluding steroid dienone is 8. The van der Waals surface area contributed by atoms with E-state index in [9.17, 15) is 34.5 Å². The Balaban J connectivity index is 2.65. The van der Waals surface area contributed by atoms with Gasteiger partial charge in [0.25, 0.3) is 0 Å². The molecule has 0 aromatic carbocycles. The molecule has 12 heteroatoms. The average Bonchev–Trinajstić information content (AvgIpc) is 3.52. The first-order valence-corrected chi connectivity index (χ1v) is 33.6. The molecule has 0 bridgehead atoms. The second-order valence-corrected chi connectivity index (χ2v) is 23.1. The molecule has 0 saturated carbocycles. The number of hydrogen-bond donors (Lipinski definition) is 3. The van der Waals surface area contributed by atoms with Gasteiger partial charge in [-0.25, -0.2) is 4.79 Å². The molecule has 0 spiro atoms. The lowest BCUT2D eigenvalue weighted by atomic mass is 9.98. The monoisotopic (exact) mass is 1140 g/mol. The van der Waals surface area contributed by atoms with Crippen molar-refractivity contribution in [1.82, 2.24) is 0 Å². The summed E-state index contributed by atoms with van der Waals surface area (Å²) in [6, 6.07) is 0. The Kier molecular flexibility index (Phi) is 53.4. The van der Waals surface area contributed by atoms with Crippen molar-refractivity contribution < 1.29 is 58.2 Å². The largest absolute Gasteiger partial charge is 0.479 e. The zero-order chi connectivity index (χ0) is 58.9. The number of carboxylic acid groups (broad SMARTS) is 1. The van der Waals surface area contributed by atoms with E-state index < -0.39 is 67.3 Å². The average molecular weight is 1140 g/mol. The molecule has 0 aromatic rings. The first kappa shape index (κ1) is 75.7. The molecule has 1 heterocycles. The lowest BCUT2D eigenvalue weighted by Crippen LogP contribution is -2.61. The fourth-order valence-corrected chi connectivity index (χ4v) is 10.3. The summed E-state index contributed by atoms with van der Waals surface area (Å²) in [6.45, 7) is 5.92. The third-order valence-corrected chi connectivity index (χ3v) is 15.4. The number of ether oxygens (including phenoxy) is 5. The molecule has 6 unspecified atom stereocenters. The van der Waals surface area contributed by atoms with Crippen LogP contribution in [0.25, 0.3) is 0 Å². The van der Waals surface area contributed by atoms with Gasteiger partial charge in [-0.3, -0.25) is 14.4 Å². The molecule has 3 N–H and O–H groups in total. The molecule has 0 aliphatic carbocycles. The van der Waals surface area contributed by atoms with Crippen LogP contribution in [-0.2, 0) is 42.9 Å². The highest BCUT2D eigenvalue weighted by Gasteiger charge is 2.50. The van der Waals surface area contributed by atoms with E-state index in [4.69, 9.17) is 23.7 Å². The Labute approximate surface area is 494 Å². The number of carboxylic acids is 1. The molecule has 12 nitrogen and oxygen atoms in total. The van der Waals surface area contributed by atoms with Gasteiger partial charge in [0.05, 0.1) is 6.61 Å². The molecule has 0 amide bonds. The zero-order valence-electron chi connectivity index (χ0n) is 52.0. The summed E-state index contributed by atoms with van der Waals surface area (Å²) in [4.78, 5) is 51.4. The third kappa shape index (κ3) is 46.7. The Bertz CT molecular complexity index is 1590. The number of esters is 3. The van der Waals surface area contributed by atoms with Crippen molar-refractivity contribution in [2.45, 2.75) is 353 Å². The summed E-state index contributed by atoms with van der Waals surface area (Å²) in [5.74, 6) is -3.12. The van der Waals surface area contributed by atoms with E-state index >= 15 is 0 Å². The van der Waals surface area contributed by atoms with Crippen LogP contribution < -0.4 is 0 Å². The maximum Gasteiger partial charge on any atom is 0.335 e. The van der Waals surface area contributed by atoms with Crippen molar-refractivity contribution in [3.8, 4) is 0 Å². The fourth-order valence-electron chi connectivity index (χ4n) is 10.3. The van der Waals surface area contributed by atoms with Crippen LogP contribution in [0.4, 0.5) is 0 Å². The van der Waals surface area contributed by atoms with Gasteiger partial charge in [0.1, 0.15) is 18.8 Å². The number of aliphatic hydroxyl groups excluding tert-OH is 2. The van der Waals surface area contributed by atoms with Crippen LogP contribution >= 0.6 is 0 Å². The zero-order valence-corrected chi connectivity index (χ0v) is 52.0. The van der Waals surface area contributed by atoms with Gasteiger partial charge in [0.2, 0.25) is 0 Å². The van der Waals surface area contributed by atoms with Crippen molar-refractivity contribution in [3.63, 3.8) is 0 Å². The highest BCUT2D eigenvalue weighted by molar-refractivity contribution is 5.74. The lowest BCUT2D eigenvalue weighted by molar-refractivity contribution is -0.301. The van der Waals surface area contributed by atoms with Gasteiger partial charge in [-0.15, -0.1) is 0 Å². The first-order chi connectivity index (χ1) is 39.6. The molecule has 470 valence electrons. The van der Waals surface area contributed by atoms with Crippen LogP contribution in [0.1, 0.15) is 316 Å². The molecule has 81 heavy (non-hydrogen) atoms. The summed E-state index contributed by atoms with van der Waals surface area (Å²) in [5, 5.41) is 31.6. The Morgan fingerprint density at radius 1 is 0.420 bits per heavy atom. The maximum absolute atomic E-state index is 13.2. The predicted molar refractivity (Wildman–Crippen MR) is 331 cm³/mol. The molecule has 1 rings (SSSR count). The first-order valence-electron chi connectivity index (χ1n) is 33.6. The predicted octanol–water partition coefficient (Wildman–Crippen LogP) is 18.1. The molecule has 1 aliphatic rings. The Hall–Kier alpha value is -3.32. The van der Waals surface area contributed by atoms with Crippen LogP contribution in [0.5, 0.6) is 0 Å². The van der Waals surface area contributed by atoms with Gasteiger partial charge in [0.15, 0.2) is 24.6 Å². The summed E-state index contributed by atoms with van der Waals surface area (Å²) < 4.78 is 28.6. The molecule has 1 aliphatic heterocycles. The van der Waals surface area contributed by atoms with E-state index in [1.807, 2.05) is 0 Å². The van der Waals surface area contributed by atoms with Crippen LogP contribution in [0.3, 0.4) is 0 Å². The van der Waals surface area contributed by atoms with Gasteiger partial charge in [-0.2, -0.15) is 0 Å². The molecule has 0 aromatic heterocycles. The SMILES string of the molecule is CC/C=C\C/C=C\C/C=C\C/C=C\CCCCCCC(=O)OC(COC(=O)CCCCCCCCCCCCCCCCCCCCC)COC1OC(C(=O)O)C(O)C(O)C1OC(=O)CCCCCCCCCCCCCCCCC. The molecular formula is C69H122O12. The summed E-state index contributed by atoms with van der Waals surface area (Å²) in [6.07, 6.45) is 57.8. The number of carbonyl (C=O) groups is 4. The van der Waals surface area contributed by atoms with E-state index in [1.54, 1.807) is 0 Å². The molecule has 6 atom stereocenters. The maximum atomic E-state index is 13.2. The van der Waals surface area contributed by atoms with Crippen molar-refractivity contribution in [2.24, 2.45) is 0 Å². The van der Waals surface area contributed by atoms with Crippen LogP contribution in [0.2, 0.25) is 0 Å². The summed E-state index contributed by atoms with van der Waals surface area (Å²) >= 11 is 0. The van der Waals surface area contributed by atoms with Crippen molar-refractivity contribution in [2.75, 3.05) is 13.2 Å². The molecule has 0 radical (unpaired) electrons. The van der Waals surface area contributed by atoms with E-state index in [2.05, 4.69) is 69.4 Å². The van der Waals surface area contributed by atoms with Crippen molar-refractivity contribution in [1.29, 1.82) is 0 Å². The number of aliphatic hydroxyl groups is 2. The standard InChI is InChI=1S/C69H122O12/c1-4-7-10-13-16-19-22-25-28-30-31-33-35-37-40-43-46-49-52-55-61(70)77-58-60(79-62(71)56-53-50-47-44-41-39-36-32-29-26-23-20-17-14-11-8-5-2)59-78-69-67(65(74)64(73)66(81-69)68(75)76)80-63(72)57-54-51-48-45-42-38-34-27-24-21-18-15-12-9-6-3/h8,11,17,20,26,29,36,39,60,64-67,69,73-74H,4-7,9-10,12-16,18-19,21-25,27-28,30-35,37-38,40-59H2,1-3H3,(H,75,76)/b11-8-,20-17-,29-26-,39-36-. The van der Waals surface area contributed by atoms with Gasteiger partial charge in [0, 0.05) is 19.3 Å². The van der Waals surface area contributed by atoms with Crippen molar-refractivity contribution >= 4 is 23.9 Å². The van der Waals surface area contributed by atoms with Crippen LogP contribution in [-0.4, -0.2) is 89.2 Å². The Morgan fingerprint density at radius 2 is 0.778 bits per heavy atom. The minimum Gasteiger partial charge on any atom is -0.479 e. The van der Waals surface area contributed by atoms with Gasteiger partial charge in [-0.1, -0.05) is 288 Å². The van der Waals surface area contributed by atoms with E-state index in [-0.39, 0.29) is 25.9 Å². The third-order valence-electron chi connectivity index (χ3n) is 15.4. The molecule has 1 saturated heterocycles. The molecular weight excluding hydrogens is 1020 g/mol. The van der Waals surface area contributed by atoms with E-state index in [0.29, 0.717) is 19.3 Å². The van der Waals surface area contributed by atoms with Gasteiger partial charge < -0.3 is 39.0 Å². The lowest BCUT2D eigenvalue weighted by Gasteiger charge is -2.40. The second-order valence-electron chi connectivity index (χ2n) is 23.1. The highest BCUT2D eigenvalue weighted by Crippen LogP contribution is 2.27. The Morgan fingerprint density at radius 3 is 1.19 bits per heavy atom. The number of aliphatic carboxylic acids is 1. The molecule has 1 fully saturated rings. The summed E-state index contributed by atoms with van der Waals surface area (Å²) in [5.41, 5.74) is 0. The minimum absolute atomic E-state index is 0.0623. The smallest absolute Gasteiger partial charge is 0.335 e. The number of hydrogen-bond acceptors (Lipinski definition) is 11. The quantitative estimate of drug-likeness (QED) is 0.0228. The van der Waals surface area contributed by atoms with Crippen LogP contribution in [0, 0.1) is 0 Å². The van der Waals surface area contributed by atoms with E-state index in [1.165, 1.54) is 161 Å². The second kappa shape index (κ2) is 57.1. The topological polar surface area (TPSA) is 175 Å². The fraction of sp³-hybridized carbons (Fsp3) is 0.826. The highest BCUT2D eigenvalue weighted by atomic mass is 16.7. The number of unbranched alkanes of at least 4 members (excludes halogenated alkanes) is 36. The van der Waals surface area contributed by atoms with E-state index in [0.717, 1.165) is 96.3 Å². The number of rotatable bonds is 58.